The van der Waals surface area contributed by atoms with Crippen molar-refractivity contribution in [3.63, 3.8) is 0 Å². The number of benzene rings is 2. The fraction of sp³-hybridized carbons (Fsp3) is 0.200. The minimum Gasteiger partial charge on any atom is -0.497 e. The lowest BCUT2D eigenvalue weighted by molar-refractivity contribution is -0.383. The molecule has 0 amide bonds. The predicted molar refractivity (Wildman–Crippen MR) is 83.3 cm³/mol. The van der Waals surface area contributed by atoms with Gasteiger partial charge >= 0.3 is 0 Å². The second kappa shape index (κ2) is 6.95. The van der Waals surface area contributed by atoms with Gasteiger partial charge in [-0.1, -0.05) is 23.7 Å². The molecule has 2 aromatic rings. The van der Waals surface area contributed by atoms with Crippen LogP contribution in [0.5, 0.6) is 5.75 Å². The van der Waals surface area contributed by atoms with Gasteiger partial charge in [0, 0.05) is 17.6 Å². The lowest BCUT2D eigenvalue weighted by atomic mass is 10.1. The number of ether oxygens (including phenoxy) is 1. The summed E-state index contributed by atoms with van der Waals surface area (Å²) in [4.78, 5) is 10.5. The van der Waals surface area contributed by atoms with Gasteiger partial charge in [0.05, 0.1) is 12.0 Å². The standard InChI is InChI=1S/C15H15ClN2O3/c1-21-13-5-2-11(3-6-13)8-9-17-14-7-4-12(16)10-15(14)18(19)20/h2-7,10,17H,8-9H2,1H3. The highest BCUT2D eigenvalue weighted by Gasteiger charge is 2.13. The van der Waals surface area contributed by atoms with Gasteiger partial charge in [0.15, 0.2) is 0 Å². The van der Waals surface area contributed by atoms with E-state index in [2.05, 4.69) is 5.32 Å². The van der Waals surface area contributed by atoms with Crippen LogP contribution in [0.25, 0.3) is 0 Å². The number of nitrogens with one attached hydrogen (secondary N) is 1. The van der Waals surface area contributed by atoms with Crippen LogP contribution in [0.1, 0.15) is 5.56 Å². The molecule has 0 saturated heterocycles. The van der Waals surface area contributed by atoms with E-state index in [9.17, 15) is 10.1 Å². The van der Waals surface area contributed by atoms with Gasteiger partial charge in [0.1, 0.15) is 11.4 Å². The maximum absolute atomic E-state index is 11.0. The summed E-state index contributed by atoms with van der Waals surface area (Å²) in [5.74, 6) is 0.806. The summed E-state index contributed by atoms with van der Waals surface area (Å²) in [6.45, 7) is 0.592. The van der Waals surface area contributed by atoms with E-state index in [4.69, 9.17) is 16.3 Å². The largest absolute Gasteiger partial charge is 0.497 e. The summed E-state index contributed by atoms with van der Waals surface area (Å²) < 4.78 is 5.09. The Morgan fingerprint density at radius 2 is 1.95 bits per heavy atom. The second-order valence-electron chi connectivity index (χ2n) is 4.44. The van der Waals surface area contributed by atoms with Crippen molar-refractivity contribution in [2.45, 2.75) is 6.42 Å². The van der Waals surface area contributed by atoms with Crippen LogP contribution in [0.15, 0.2) is 42.5 Å². The SMILES string of the molecule is COc1ccc(CCNc2ccc(Cl)cc2[N+](=O)[O-])cc1. The molecule has 0 saturated carbocycles. The van der Waals surface area contributed by atoms with Crippen LogP contribution in [0.2, 0.25) is 5.02 Å². The summed E-state index contributed by atoms with van der Waals surface area (Å²) >= 11 is 5.78. The first-order valence-electron chi connectivity index (χ1n) is 6.41. The number of halogens is 1. The number of nitro benzene ring substituents is 1. The molecule has 21 heavy (non-hydrogen) atoms. The monoisotopic (exact) mass is 306 g/mol. The molecular formula is C15H15ClN2O3. The Labute approximate surface area is 127 Å². The minimum atomic E-state index is -0.443. The van der Waals surface area contributed by atoms with Crippen LogP contribution < -0.4 is 10.1 Å². The quantitative estimate of drug-likeness (QED) is 0.649. The van der Waals surface area contributed by atoms with E-state index in [1.54, 1.807) is 19.2 Å². The van der Waals surface area contributed by atoms with Gasteiger partial charge in [-0.15, -0.1) is 0 Å². The zero-order chi connectivity index (χ0) is 15.2. The highest BCUT2D eigenvalue weighted by atomic mass is 35.5. The topological polar surface area (TPSA) is 64.4 Å². The highest BCUT2D eigenvalue weighted by Crippen LogP contribution is 2.27. The van der Waals surface area contributed by atoms with Gasteiger partial charge in [-0.2, -0.15) is 0 Å². The molecule has 6 heteroatoms. The zero-order valence-electron chi connectivity index (χ0n) is 11.5. The van der Waals surface area contributed by atoms with Crippen molar-refractivity contribution in [3.8, 4) is 5.75 Å². The highest BCUT2D eigenvalue weighted by molar-refractivity contribution is 6.30. The minimum absolute atomic E-state index is 0.0165. The van der Waals surface area contributed by atoms with Gasteiger partial charge in [0.2, 0.25) is 0 Å². The number of rotatable bonds is 6. The molecule has 1 N–H and O–H groups in total. The molecule has 110 valence electrons. The smallest absolute Gasteiger partial charge is 0.293 e. The molecule has 0 heterocycles. The molecule has 0 spiro atoms. The third kappa shape index (κ3) is 4.10. The van der Waals surface area contributed by atoms with Crippen LogP contribution in [0, 0.1) is 10.1 Å². The van der Waals surface area contributed by atoms with E-state index < -0.39 is 4.92 Å². The number of anilines is 1. The molecule has 0 bridgehead atoms. The lowest BCUT2D eigenvalue weighted by Crippen LogP contribution is -2.06. The summed E-state index contributed by atoms with van der Waals surface area (Å²) in [5, 5.41) is 14.4. The van der Waals surface area contributed by atoms with Gasteiger partial charge in [-0.3, -0.25) is 10.1 Å². The van der Waals surface area contributed by atoms with Crippen molar-refractivity contribution < 1.29 is 9.66 Å². The number of nitro groups is 1. The number of hydrogen-bond acceptors (Lipinski definition) is 4. The summed E-state index contributed by atoms with van der Waals surface area (Å²) in [7, 11) is 1.62. The first-order valence-corrected chi connectivity index (χ1v) is 6.78. The Morgan fingerprint density at radius 1 is 1.24 bits per heavy atom. The third-order valence-electron chi connectivity index (χ3n) is 3.04. The van der Waals surface area contributed by atoms with Crippen LogP contribution in [0.3, 0.4) is 0 Å². The molecular weight excluding hydrogens is 292 g/mol. The molecule has 0 aromatic heterocycles. The van der Waals surface area contributed by atoms with Gasteiger partial charge in [0.25, 0.3) is 5.69 Å². The van der Waals surface area contributed by atoms with Crippen LogP contribution in [0.4, 0.5) is 11.4 Å². The van der Waals surface area contributed by atoms with Crippen molar-refractivity contribution in [1.29, 1.82) is 0 Å². The Morgan fingerprint density at radius 3 is 2.57 bits per heavy atom. The molecule has 2 rings (SSSR count). The summed E-state index contributed by atoms with van der Waals surface area (Å²) in [6.07, 6.45) is 0.754. The first kappa shape index (κ1) is 15.1. The molecule has 5 nitrogen and oxygen atoms in total. The Kier molecular flexibility index (Phi) is 5.00. The van der Waals surface area contributed by atoms with Crippen LogP contribution in [-0.4, -0.2) is 18.6 Å². The molecule has 0 fully saturated rings. The fourth-order valence-electron chi connectivity index (χ4n) is 1.94. The van der Waals surface area contributed by atoms with Crippen molar-refractivity contribution in [2.24, 2.45) is 0 Å². The van der Waals surface area contributed by atoms with Crippen molar-refractivity contribution in [3.05, 3.63) is 63.2 Å². The summed E-state index contributed by atoms with van der Waals surface area (Å²) in [5.41, 5.74) is 1.58. The number of methoxy groups -OCH3 is 1. The summed E-state index contributed by atoms with van der Waals surface area (Å²) in [6, 6.07) is 12.3. The van der Waals surface area contributed by atoms with E-state index in [0.29, 0.717) is 17.3 Å². The molecule has 2 aromatic carbocycles. The third-order valence-corrected chi connectivity index (χ3v) is 3.28. The Bertz CT molecular complexity index is 629. The van der Waals surface area contributed by atoms with Crippen molar-refractivity contribution >= 4 is 23.0 Å². The van der Waals surface area contributed by atoms with E-state index in [-0.39, 0.29) is 5.69 Å². The van der Waals surface area contributed by atoms with Crippen LogP contribution >= 0.6 is 11.6 Å². The van der Waals surface area contributed by atoms with Gasteiger partial charge < -0.3 is 10.1 Å². The second-order valence-corrected chi connectivity index (χ2v) is 4.88. The number of nitrogens with zero attached hydrogens (tertiary/aromatic N) is 1. The molecule has 0 aliphatic heterocycles. The van der Waals surface area contributed by atoms with Gasteiger partial charge in [-0.25, -0.2) is 0 Å². The lowest BCUT2D eigenvalue weighted by Gasteiger charge is -2.08. The number of hydrogen-bond donors (Lipinski definition) is 1. The molecule has 0 atom stereocenters. The Balaban J connectivity index is 1.98. The van der Waals surface area contributed by atoms with Crippen LogP contribution in [-0.2, 0) is 6.42 Å². The van der Waals surface area contributed by atoms with E-state index in [0.717, 1.165) is 17.7 Å². The first-order chi connectivity index (χ1) is 10.1. The predicted octanol–water partition coefficient (Wildman–Crippen LogP) is 3.91. The average Bonchev–Trinajstić information content (AvgIpc) is 2.49. The van der Waals surface area contributed by atoms with Crippen molar-refractivity contribution in [2.75, 3.05) is 19.0 Å². The van der Waals surface area contributed by atoms with Gasteiger partial charge in [-0.05, 0) is 36.2 Å². The maximum atomic E-state index is 11.0. The molecule has 0 unspecified atom stereocenters. The normalized spacial score (nSPS) is 10.2. The van der Waals surface area contributed by atoms with E-state index in [1.165, 1.54) is 6.07 Å². The fourth-order valence-corrected chi connectivity index (χ4v) is 2.11. The average molecular weight is 307 g/mol. The molecule has 0 radical (unpaired) electrons. The Hall–Kier alpha value is -2.27. The zero-order valence-corrected chi connectivity index (χ0v) is 12.3. The van der Waals surface area contributed by atoms with E-state index >= 15 is 0 Å². The van der Waals surface area contributed by atoms with E-state index in [1.807, 2.05) is 24.3 Å². The molecule has 0 aliphatic rings. The van der Waals surface area contributed by atoms with Crippen molar-refractivity contribution in [1.82, 2.24) is 0 Å². The molecule has 0 aliphatic carbocycles. The maximum Gasteiger partial charge on any atom is 0.293 e.